The van der Waals surface area contributed by atoms with Crippen molar-refractivity contribution in [2.45, 2.75) is 20.8 Å². The highest BCUT2D eigenvalue weighted by Crippen LogP contribution is 2.17. The van der Waals surface area contributed by atoms with Crippen LogP contribution in [-0.2, 0) is 4.79 Å². The molecule has 5 nitrogen and oxygen atoms in total. The predicted octanol–water partition coefficient (Wildman–Crippen LogP) is 1.30. The molecule has 0 saturated heterocycles. The summed E-state index contributed by atoms with van der Waals surface area (Å²) in [6.07, 6.45) is 0. The van der Waals surface area contributed by atoms with E-state index in [9.17, 15) is 14.7 Å². The van der Waals surface area contributed by atoms with Gasteiger partial charge in [0.15, 0.2) is 0 Å². The van der Waals surface area contributed by atoms with Gasteiger partial charge in [-0.15, -0.1) is 0 Å². The summed E-state index contributed by atoms with van der Waals surface area (Å²) in [5.74, 6) is -0.249. The van der Waals surface area contributed by atoms with Crippen molar-refractivity contribution >= 4 is 11.8 Å². The van der Waals surface area contributed by atoms with Crippen molar-refractivity contribution in [3.8, 4) is 5.75 Å². The average Bonchev–Trinajstić information content (AvgIpc) is 2.35. The van der Waals surface area contributed by atoms with Crippen LogP contribution in [0.5, 0.6) is 5.75 Å². The molecule has 0 heterocycles. The van der Waals surface area contributed by atoms with E-state index in [1.165, 1.54) is 17.0 Å². The second-order valence-corrected chi connectivity index (χ2v) is 4.27. The number of aryl methyl sites for hydroxylation is 1. The number of rotatable bonds is 5. The molecule has 0 bridgehead atoms. The van der Waals surface area contributed by atoms with Gasteiger partial charge in [-0.05, 0) is 44.5 Å². The smallest absolute Gasteiger partial charge is 0.254 e. The third kappa shape index (κ3) is 3.98. The van der Waals surface area contributed by atoms with Crippen LogP contribution in [0.25, 0.3) is 0 Å². The first-order valence-electron chi connectivity index (χ1n) is 6.35. The number of phenols is 1. The van der Waals surface area contributed by atoms with Gasteiger partial charge in [-0.25, -0.2) is 0 Å². The molecule has 1 aromatic rings. The monoisotopic (exact) mass is 264 g/mol. The normalized spacial score (nSPS) is 10.1. The van der Waals surface area contributed by atoms with Gasteiger partial charge in [-0.3, -0.25) is 9.59 Å². The van der Waals surface area contributed by atoms with Gasteiger partial charge in [-0.1, -0.05) is 0 Å². The van der Waals surface area contributed by atoms with E-state index < -0.39 is 0 Å². The molecule has 0 unspecified atom stereocenters. The van der Waals surface area contributed by atoms with Crippen molar-refractivity contribution in [1.82, 2.24) is 10.2 Å². The zero-order chi connectivity index (χ0) is 14.4. The van der Waals surface area contributed by atoms with Crippen molar-refractivity contribution in [2.24, 2.45) is 0 Å². The van der Waals surface area contributed by atoms with E-state index in [1.807, 2.05) is 13.8 Å². The van der Waals surface area contributed by atoms with Crippen molar-refractivity contribution in [2.75, 3.05) is 19.6 Å². The Balaban J connectivity index is 2.86. The fourth-order valence-electron chi connectivity index (χ4n) is 1.81. The highest BCUT2D eigenvalue weighted by atomic mass is 16.3. The third-order valence-electron chi connectivity index (χ3n) is 2.82. The number of phenolic OH excluding ortho intramolecular Hbond substituents is 1. The van der Waals surface area contributed by atoms with Crippen LogP contribution >= 0.6 is 0 Å². The molecule has 1 aromatic carbocycles. The van der Waals surface area contributed by atoms with E-state index in [2.05, 4.69) is 5.32 Å². The van der Waals surface area contributed by atoms with E-state index in [-0.39, 0.29) is 24.1 Å². The van der Waals surface area contributed by atoms with Crippen LogP contribution in [0, 0.1) is 6.92 Å². The third-order valence-corrected chi connectivity index (χ3v) is 2.82. The number of amides is 2. The van der Waals surface area contributed by atoms with E-state index in [0.29, 0.717) is 24.2 Å². The molecule has 0 spiro atoms. The van der Waals surface area contributed by atoms with Crippen LogP contribution in [0.2, 0.25) is 0 Å². The molecular formula is C14H20N2O3. The molecular weight excluding hydrogens is 244 g/mol. The lowest BCUT2D eigenvalue weighted by atomic mass is 10.1. The summed E-state index contributed by atoms with van der Waals surface area (Å²) >= 11 is 0. The maximum atomic E-state index is 12.3. The van der Waals surface area contributed by atoms with Crippen LogP contribution < -0.4 is 5.32 Å². The summed E-state index contributed by atoms with van der Waals surface area (Å²) in [4.78, 5) is 25.3. The fraction of sp³-hybridized carbons (Fsp3) is 0.429. The van der Waals surface area contributed by atoms with Gasteiger partial charge in [0.1, 0.15) is 5.75 Å². The van der Waals surface area contributed by atoms with Crippen molar-refractivity contribution in [1.29, 1.82) is 0 Å². The quantitative estimate of drug-likeness (QED) is 0.842. The number of hydrogen-bond acceptors (Lipinski definition) is 3. The van der Waals surface area contributed by atoms with Crippen molar-refractivity contribution in [3.05, 3.63) is 29.3 Å². The van der Waals surface area contributed by atoms with Gasteiger partial charge in [0.05, 0.1) is 6.54 Å². The lowest BCUT2D eigenvalue weighted by molar-refractivity contribution is -0.121. The topological polar surface area (TPSA) is 69.6 Å². The summed E-state index contributed by atoms with van der Waals surface area (Å²) < 4.78 is 0. The van der Waals surface area contributed by atoms with Gasteiger partial charge in [-0.2, -0.15) is 0 Å². The van der Waals surface area contributed by atoms with E-state index in [0.717, 1.165) is 0 Å². The molecule has 5 heteroatoms. The standard InChI is InChI=1S/C14H20N2O3/c1-4-15-13(18)9-16(5-2)14(19)12-7-6-11(17)8-10(12)3/h6-8,17H,4-5,9H2,1-3H3,(H,15,18). The predicted molar refractivity (Wildman–Crippen MR) is 73.1 cm³/mol. The van der Waals surface area contributed by atoms with Gasteiger partial charge in [0.2, 0.25) is 5.91 Å². The van der Waals surface area contributed by atoms with Gasteiger partial charge < -0.3 is 15.3 Å². The Labute approximate surface area is 113 Å². The fourth-order valence-corrected chi connectivity index (χ4v) is 1.81. The molecule has 0 fully saturated rings. The number of likely N-dealkylation sites (N-methyl/N-ethyl adjacent to an activating group) is 2. The zero-order valence-electron chi connectivity index (χ0n) is 11.6. The summed E-state index contributed by atoms with van der Waals surface area (Å²) in [5, 5.41) is 12.0. The summed E-state index contributed by atoms with van der Waals surface area (Å²) in [6, 6.07) is 4.58. The number of aromatic hydroxyl groups is 1. The molecule has 2 amide bonds. The molecule has 0 atom stereocenters. The highest BCUT2D eigenvalue weighted by molar-refractivity contribution is 5.97. The first kappa shape index (κ1) is 15.0. The lowest BCUT2D eigenvalue weighted by Gasteiger charge is -2.21. The molecule has 0 aliphatic heterocycles. The van der Waals surface area contributed by atoms with E-state index in [4.69, 9.17) is 0 Å². The summed E-state index contributed by atoms with van der Waals surface area (Å²) in [7, 11) is 0. The minimum Gasteiger partial charge on any atom is -0.508 e. The largest absolute Gasteiger partial charge is 0.508 e. The number of benzene rings is 1. The number of nitrogens with one attached hydrogen (secondary N) is 1. The summed E-state index contributed by atoms with van der Waals surface area (Å²) in [6.45, 7) is 6.46. The minimum atomic E-state index is -0.203. The number of hydrogen-bond donors (Lipinski definition) is 2. The Hall–Kier alpha value is -2.04. The first-order chi connectivity index (χ1) is 8.99. The van der Waals surface area contributed by atoms with Crippen LogP contribution in [0.15, 0.2) is 18.2 Å². The number of nitrogens with zero attached hydrogens (tertiary/aromatic N) is 1. The van der Waals surface area contributed by atoms with Crippen LogP contribution in [0.4, 0.5) is 0 Å². The second kappa shape index (κ2) is 6.78. The second-order valence-electron chi connectivity index (χ2n) is 4.27. The Morgan fingerprint density at radius 2 is 2.00 bits per heavy atom. The van der Waals surface area contributed by atoms with Crippen LogP contribution in [-0.4, -0.2) is 41.5 Å². The molecule has 0 aliphatic rings. The highest BCUT2D eigenvalue weighted by Gasteiger charge is 2.18. The lowest BCUT2D eigenvalue weighted by Crippen LogP contribution is -2.40. The minimum absolute atomic E-state index is 0.0451. The van der Waals surface area contributed by atoms with Gasteiger partial charge in [0, 0.05) is 18.7 Å². The maximum Gasteiger partial charge on any atom is 0.254 e. The van der Waals surface area contributed by atoms with Crippen LogP contribution in [0.1, 0.15) is 29.8 Å². The summed E-state index contributed by atoms with van der Waals surface area (Å²) in [5.41, 5.74) is 1.20. The van der Waals surface area contributed by atoms with Gasteiger partial charge in [0.25, 0.3) is 5.91 Å². The van der Waals surface area contributed by atoms with Gasteiger partial charge >= 0.3 is 0 Å². The first-order valence-corrected chi connectivity index (χ1v) is 6.35. The molecule has 0 aliphatic carbocycles. The van der Waals surface area contributed by atoms with Crippen molar-refractivity contribution < 1.29 is 14.7 Å². The number of carbonyl (C=O) groups is 2. The van der Waals surface area contributed by atoms with Crippen LogP contribution in [0.3, 0.4) is 0 Å². The molecule has 0 aromatic heterocycles. The Bertz CT molecular complexity index is 472. The zero-order valence-corrected chi connectivity index (χ0v) is 11.6. The van der Waals surface area contributed by atoms with Crippen molar-refractivity contribution in [3.63, 3.8) is 0 Å². The van der Waals surface area contributed by atoms with E-state index >= 15 is 0 Å². The maximum absolute atomic E-state index is 12.3. The molecule has 19 heavy (non-hydrogen) atoms. The Morgan fingerprint density at radius 1 is 1.32 bits per heavy atom. The van der Waals surface area contributed by atoms with E-state index in [1.54, 1.807) is 13.0 Å². The molecule has 0 radical (unpaired) electrons. The average molecular weight is 264 g/mol. The molecule has 0 saturated carbocycles. The molecule has 1 rings (SSSR count). The Kier molecular flexibility index (Phi) is 5.36. The molecule has 104 valence electrons. The Morgan fingerprint density at radius 3 is 2.53 bits per heavy atom. The SMILES string of the molecule is CCNC(=O)CN(CC)C(=O)c1ccc(O)cc1C. The molecule has 2 N–H and O–H groups in total. The number of carbonyl (C=O) groups excluding carboxylic acids is 2.